The maximum Gasteiger partial charge on any atom is 0.199 e. The zero-order valence-electron chi connectivity index (χ0n) is 10.3. The molecule has 0 saturated carbocycles. The lowest BCUT2D eigenvalue weighted by Crippen LogP contribution is -2.06. The van der Waals surface area contributed by atoms with Gasteiger partial charge >= 0.3 is 0 Å². The molecule has 2 aromatic rings. The number of halogens is 3. The van der Waals surface area contributed by atoms with Crippen LogP contribution in [0.4, 0.5) is 8.78 Å². The Hall–Kier alpha value is -1.75. The van der Waals surface area contributed by atoms with Crippen LogP contribution in [0, 0.1) is 11.6 Å². The zero-order chi connectivity index (χ0) is 14.3. The molecule has 5 heteroatoms. The Labute approximate surface area is 122 Å². The van der Waals surface area contributed by atoms with Crippen LogP contribution in [0.5, 0.6) is 5.75 Å². The van der Waals surface area contributed by atoms with Gasteiger partial charge in [-0.25, -0.2) is 8.78 Å². The van der Waals surface area contributed by atoms with Crippen molar-refractivity contribution in [2.45, 2.75) is 6.42 Å². The van der Waals surface area contributed by atoms with E-state index in [2.05, 4.69) is 15.9 Å². The predicted molar refractivity (Wildman–Crippen MR) is 73.1 cm³/mol. The van der Waals surface area contributed by atoms with Crippen molar-refractivity contribution >= 4 is 21.7 Å². The molecule has 0 saturated heterocycles. The highest BCUT2D eigenvalue weighted by Crippen LogP contribution is 2.34. The smallest absolute Gasteiger partial charge is 0.199 e. The van der Waals surface area contributed by atoms with Gasteiger partial charge in [0, 0.05) is 17.0 Å². The maximum absolute atomic E-state index is 13.7. The Morgan fingerprint density at radius 2 is 1.95 bits per heavy atom. The van der Waals surface area contributed by atoms with E-state index in [0.29, 0.717) is 24.8 Å². The Kier molecular flexibility index (Phi) is 3.30. The molecule has 3 rings (SSSR count). The number of hydrogen-bond acceptors (Lipinski definition) is 2. The lowest BCUT2D eigenvalue weighted by atomic mass is 9.99. The molecule has 2 nitrogen and oxygen atoms in total. The molecule has 102 valence electrons. The summed E-state index contributed by atoms with van der Waals surface area (Å²) in [4.78, 5) is 12.4. The SMILES string of the molecule is O=C(c1ccc(F)cc1F)c1cc(Br)cc2c1OCC2. The molecule has 0 spiro atoms. The molecule has 1 heterocycles. The van der Waals surface area contributed by atoms with Crippen molar-refractivity contribution in [2.75, 3.05) is 6.61 Å². The molecule has 2 aromatic carbocycles. The average Bonchev–Trinajstić information content (AvgIpc) is 2.85. The highest BCUT2D eigenvalue weighted by molar-refractivity contribution is 9.10. The summed E-state index contributed by atoms with van der Waals surface area (Å²) in [6.07, 6.45) is 0.709. The van der Waals surface area contributed by atoms with Crippen LogP contribution < -0.4 is 4.74 Å². The summed E-state index contributed by atoms with van der Waals surface area (Å²) in [5.41, 5.74) is 1.03. The molecule has 0 unspecified atom stereocenters. The van der Waals surface area contributed by atoms with Gasteiger partial charge in [0.25, 0.3) is 0 Å². The number of carbonyl (C=O) groups is 1. The molecular weight excluding hydrogens is 330 g/mol. The van der Waals surface area contributed by atoms with Gasteiger partial charge in [-0.05, 0) is 29.8 Å². The first kappa shape index (κ1) is 13.2. The van der Waals surface area contributed by atoms with Crippen LogP contribution in [0.2, 0.25) is 0 Å². The van der Waals surface area contributed by atoms with Crippen LogP contribution in [-0.4, -0.2) is 12.4 Å². The molecule has 0 amide bonds. The molecule has 0 atom stereocenters. The monoisotopic (exact) mass is 338 g/mol. The van der Waals surface area contributed by atoms with E-state index in [-0.39, 0.29) is 11.1 Å². The topological polar surface area (TPSA) is 26.3 Å². The lowest BCUT2D eigenvalue weighted by molar-refractivity contribution is 0.103. The third kappa shape index (κ3) is 2.22. The average molecular weight is 339 g/mol. The third-order valence-corrected chi connectivity index (χ3v) is 3.63. The minimum atomic E-state index is -0.873. The Balaban J connectivity index is 2.11. The van der Waals surface area contributed by atoms with Gasteiger partial charge in [0.1, 0.15) is 17.4 Å². The molecule has 0 radical (unpaired) electrons. The first-order valence-corrected chi connectivity index (χ1v) is 6.80. The minimum absolute atomic E-state index is 0.165. The van der Waals surface area contributed by atoms with Crippen LogP contribution in [-0.2, 0) is 6.42 Å². The van der Waals surface area contributed by atoms with E-state index in [9.17, 15) is 13.6 Å². The molecule has 0 aliphatic carbocycles. The van der Waals surface area contributed by atoms with E-state index < -0.39 is 17.4 Å². The van der Waals surface area contributed by atoms with E-state index in [1.807, 2.05) is 6.07 Å². The highest BCUT2D eigenvalue weighted by atomic mass is 79.9. The van der Waals surface area contributed by atoms with Crippen LogP contribution in [0.3, 0.4) is 0 Å². The van der Waals surface area contributed by atoms with Crippen molar-refractivity contribution in [3.05, 3.63) is 63.1 Å². The first-order valence-electron chi connectivity index (χ1n) is 6.01. The normalized spacial score (nSPS) is 12.9. The van der Waals surface area contributed by atoms with E-state index >= 15 is 0 Å². The summed E-state index contributed by atoms with van der Waals surface area (Å²) in [6, 6.07) is 6.38. The molecule has 0 fully saturated rings. The predicted octanol–water partition coefficient (Wildman–Crippen LogP) is 3.89. The van der Waals surface area contributed by atoms with Gasteiger partial charge < -0.3 is 4.74 Å². The Bertz CT molecular complexity index is 713. The fourth-order valence-corrected chi connectivity index (χ4v) is 2.76. The fourth-order valence-electron chi connectivity index (χ4n) is 2.26. The molecule has 0 N–H and O–H groups in total. The summed E-state index contributed by atoms with van der Waals surface area (Å²) in [5.74, 6) is -1.61. The molecule has 0 aromatic heterocycles. The van der Waals surface area contributed by atoms with Crippen LogP contribution in [0.1, 0.15) is 21.5 Å². The maximum atomic E-state index is 13.7. The quantitative estimate of drug-likeness (QED) is 0.776. The summed E-state index contributed by atoms with van der Waals surface area (Å²) in [6.45, 7) is 0.498. The summed E-state index contributed by atoms with van der Waals surface area (Å²) >= 11 is 3.33. The number of benzene rings is 2. The van der Waals surface area contributed by atoms with Crippen LogP contribution >= 0.6 is 15.9 Å². The van der Waals surface area contributed by atoms with Gasteiger partial charge in [0.2, 0.25) is 0 Å². The second-order valence-electron chi connectivity index (χ2n) is 4.49. The van der Waals surface area contributed by atoms with Crippen LogP contribution in [0.15, 0.2) is 34.8 Å². The van der Waals surface area contributed by atoms with Gasteiger partial charge in [-0.2, -0.15) is 0 Å². The van der Waals surface area contributed by atoms with Crippen molar-refractivity contribution < 1.29 is 18.3 Å². The molecule has 1 aliphatic rings. The lowest BCUT2D eigenvalue weighted by Gasteiger charge is -2.09. The largest absolute Gasteiger partial charge is 0.492 e. The molecule has 20 heavy (non-hydrogen) atoms. The van der Waals surface area contributed by atoms with Gasteiger partial charge in [0.15, 0.2) is 5.78 Å². The van der Waals surface area contributed by atoms with E-state index in [1.165, 1.54) is 0 Å². The number of ether oxygens (including phenoxy) is 1. The Morgan fingerprint density at radius 3 is 2.70 bits per heavy atom. The number of carbonyl (C=O) groups excluding carboxylic acids is 1. The van der Waals surface area contributed by atoms with Crippen molar-refractivity contribution in [1.29, 1.82) is 0 Å². The van der Waals surface area contributed by atoms with Gasteiger partial charge in [-0.1, -0.05) is 15.9 Å². The zero-order valence-corrected chi connectivity index (χ0v) is 11.8. The van der Waals surface area contributed by atoms with Crippen LogP contribution in [0.25, 0.3) is 0 Å². The molecular formula is C15H9BrF2O2. The number of rotatable bonds is 2. The molecule has 0 bridgehead atoms. The Morgan fingerprint density at radius 1 is 1.15 bits per heavy atom. The first-order chi connectivity index (χ1) is 9.56. The second kappa shape index (κ2) is 4.98. The fraction of sp³-hybridized carbons (Fsp3) is 0.133. The summed E-state index contributed by atoms with van der Waals surface area (Å²) in [7, 11) is 0. The van der Waals surface area contributed by atoms with Gasteiger partial charge in [0.05, 0.1) is 17.7 Å². The van der Waals surface area contributed by atoms with Crippen molar-refractivity contribution in [3.8, 4) is 5.75 Å². The van der Waals surface area contributed by atoms with Crippen molar-refractivity contribution in [1.82, 2.24) is 0 Å². The number of hydrogen-bond donors (Lipinski definition) is 0. The van der Waals surface area contributed by atoms with E-state index in [1.54, 1.807) is 6.07 Å². The summed E-state index contributed by atoms with van der Waals surface area (Å²) in [5, 5.41) is 0. The van der Waals surface area contributed by atoms with E-state index in [4.69, 9.17) is 4.74 Å². The second-order valence-corrected chi connectivity index (χ2v) is 5.41. The molecule has 1 aliphatic heterocycles. The summed E-state index contributed by atoms with van der Waals surface area (Å²) < 4.78 is 32.8. The standard InChI is InChI=1S/C15H9BrF2O2/c16-9-5-8-3-4-20-15(8)12(6-9)14(19)11-2-1-10(17)7-13(11)18/h1-2,5-7H,3-4H2. The van der Waals surface area contributed by atoms with Crippen molar-refractivity contribution in [2.24, 2.45) is 0 Å². The third-order valence-electron chi connectivity index (χ3n) is 3.17. The number of ketones is 1. The van der Waals surface area contributed by atoms with E-state index in [0.717, 1.165) is 22.2 Å². The van der Waals surface area contributed by atoms with Gasteiger partial charge in [-0.15, -0.1) is 0 Å². The van der Waals surface area contributed by atoms with Crippen molar-refractivity contribution in [3.63, 3.8) is 0 Å². The minimum Gasteiger partial charge on any atom is -0.492 e. The highest BCUT2D eigenvalue weighted by Gasteiger charge is 2.24. The van der Waals surface area contributed by atoms with Gasteiger partial charge in [-0.3, -0.25) is 4.79 Å². The number of fused-ring (bicyclic) bond motifs is 1.